The molecule has 0 saturated carbocycles. The van der Waals surface area contributed by atoms with Gasteiger partial charge in [0.1, 0.15) is 11.5 Å². The van der Waals surface area contributed by atoms with Crippen molar-refractivity contribution in [2.45, 2.75) is 13.0 Å². The molecule has 2 rings (SSSR count). The fraction of sp³-hybridized carbons (Fsp3) is 0.176. The zero-order valence-corrected chi connectivity index (χ0v) is 13.6. The van der Waals surface area contributed by atoms with Gasteiger partial charge in [0.2, 0.25) is 0 Å². The van der Waals surface area contributed by atoms with E-state index in [2.05, 4.69) is 5.32 Å². The van der Waals surface area contributed by atoms with Crippen LogP contribution in [-0.2, 0) is 9.59 Å². The average molecular weight is 350 g/mol. The molecule has 0 aliphatic carbocycles. The Hall–Kier alpha value is -2.73. The van der Waals surface area contributed by atoms with E-state index in [-0.39, 0.29) is 5.91 Å². The summed E-state index contributed by atoms with van der Waals surface area (Å²) in [4.78, 5) is 22.7. The van der Waals surface area contributed by atoms with E-state index in [1.807, 2.05) is 0 Å². The molecule has 2 N–H and O–H groups in total. The first-order valence-electron chi connectivity index (χ1n) is 7.12. The molecule has 0 saturated heterocycles. The van der Waals surface area contributed by atoms with Gasteiger partial charge in [-0.25, -0.2) is 4.79 Å². The van der Waals surface area contributed by atoms with Gasteiger partial charge >= 0.3 is 5.97 Å². The van der Waals surface area contributed by atoms with Crippen molar-refractivity contribution in [3.05, 3.63) is 53.6 Å². The number of nitrogens with one attached hydrogen (secondary N) is 1. The van der Waals surface area contributed by atoms with Gasteiger partial charge in [0.05, 0.1) is 0 Å². The molecule has 126 valence electrons. The van der Waals surface area contributed by atoms with Gasteiger partial charge in [0.25, 0.3) is 5.91 Å². The Bertz CT molecular complexity index is 717. The van der Waals surface area contributed by atoms with Gasteiger partial charge < -0.3 is 19.9 Å². The molecule has 0 aliphatic heterocycles. The van der Waals surface area contributed by atoms with Crippen LogP contribution in [0, 0.1) is 0 Å². The number of halogens is 1. The molecule has 1 amide bonds. The Morgan fingerprint density at radius 3 is 2.54 bits per heavy atom. The SMILES string of the molecule is CC(Oc1ccc(Cl)cc1)C(=O)Nc1cccc(OCC(=O)O)c1. The smallest absolute Gasteiger partial charge is 0.341 e. The molecular formula is C17H16ClNO5. The van der Waals surface area contributed by atoms with Crippen molar-refractivity contribution < 1.29 is 24.2 Å². The van der Waals surface area contributed by atoms with Crippen molar-refractivity contribution in [3.63, 3.8) is 0 Å². The van der Waals surface area contributed by atoms with Crippen molar-refractivity contribution >= 4 is 29.2 Å². The van der Waals surface area contributed by atoms with Crippen LogP contribution in [-0.4, -0.2) is 29.7 Å². The highest BCUT2D eigenvalue weighted by Gasteiger charge is 2.15. The average Bonchev–Trinajstić information content (AvgIpc) is 2.55. The maximum atomic E-state index is 12.2. The van der Waals surface area contributed by atoms with Crippen molar-refractivity contribution in [2.75, 3.05) is 11.9 Å². The lowest BCUT2D eigenvalue weighted by atomic mass is 10.2. The predicted molar refractivity (Wildman–Crippen MR) is 89.7 cm³/mol. The zero-order chi connectivity index (χ0) is 17.5. The molecule has 0 fully saturated rings. The Labute approximate surface area is 144 Å². The zero-order valence-electron chi connectivity index (χ0n) is 12.9. The van der Waals surface area contributed by atoms with Gasteiger partial charge in [-0.1, -0.05) is 17.7 Å². The van der Waals surface area contributed by atoms with E-state index >= 15 is 0 Å². The van der Waals surface area contributed by atoms with Gasteiger partial charge in [-0.05, 0) is 43.3 Å². The molecule has 2 aromatic carbocycles. The number of amides is 1. The summed E-state index contributed by atoms with van der Waals surface area (Å²) < 4.78 is 10.6. The first kappa shape index (κ1) is 17.6. The van der Waals surface area contributed by atoms with Gasteiger partial charge in [-0.2, -0.15) is 0 Å². The minimum atomic E-state index is -1.07. The highest BCUT2D eigenvalue weighted by molar-refractivity contribution is 6.30. The molecule has 0 aliphatic rings. The van der Waals surface area contributed by atoms with Gasteiger partial charge in [-0.3, -0.25) is 4.79 Å². The molecule has 7 heteroatoms. The maximum Gasteiger partial charge on any atom is 0.341 e. The Kier molecular flexibility index (Phi) is 6.03. The minimum Gasteiger partial charge on any atom is -0.482 e. The molecule has 0 spiro atoms. The molecule has 0 heterocycles. The van der Waals surface area contributed by atoms with Crippen molar-refractivity contribution in [1.29, 1.82) is 0 Å². The fourth-order valence-electron chi connectivity index (χ4n) is 1.82. The molecule has 0 aromatic heterocycles. The lowest BCUT2D eigenvalue weighted by molar-refractivity contribution is -0.139. The van der Waals surface area contributed by atoms with E-state index < -0.39 is 18.7 Å². The highest BCUT2D eigenvalue weighted by Crippen LogP contribution is 2.19. The number of rotatable bonds is 7. The second kappa shape index (κ2) is 8.21. The first-order valence-corrected chi connectivity index (χ1v) is 7.49. The summed E-state index contributed by atoms with van der Waals surface area (Å²) in [5, 5.41) is 11.9. The van der Waals surface area contributed by atoms with Crippen LogP contribution >= 0.6 is 11.6 Å². The van der Waals surface area contributed by atoms with Crippen LogP contribution in [0.2, 0.25) is 5.02 Å². The van der Waals surface area contributed by atoms with Crippen LogP contribution in [0.15, 0.2) is 48.5 Å². The molecule has 24 heavy (non-hydrogen) atoms. The molecule has 1 atom stereocenters. The van der Waals surface area contributed by atoms with Crippen LogP contribution in [0.4, 0.5) is 5.69 Å². The summed E-state index contributed by atoms with van der Waals surface area (Å²) in [6, 6.07) is 13.1. The number of carbonyl (C=O) groups is 2. The molecule has 2 aromatic rings. The number of carboxylic acid groups (broad SMARTS) is 1. The first-order chi connectivity index (χ1) is 11.4. The second-order valence-corrected chi connectivity index (χ2v) is 5.35. The summed E-state index contributed by atoms with van der Waals surface area (Å²) in [7, 11) is 0. The van der Waals surface area contributed by atoms with Crippen LogP contribution < -0.4 is 14.8 Å². The number of hydrogen-bond donors (Lipinski definition) is 2. The summed E-state index contributed by atoms with van der Waals surface area (Å²) >= 11 is 5.79. The van der Waals surface area contributed by atoms with E-state index in [0.717, 1.165) is 0 Å². The molecule has 1 unspecified atom stereocenters. The standard InChI is InChI=1S/C17H16ClNO5/c1-11(24-14-7-5-12(18)6-8-14)17(22)19-13-3-2-4-15(9-13)23-10-16(20)21/h2-9,11H,10H2,1H3,(H,19,22)(H,20,21). The quantitative estimate of drug-likeness (QED) is 0.801. The summed E-state index contributed by atoms with van der Waals surface area (Å²) in [6.45, 7) is 1.17. The van der Waals surface area contributed by atoms with Crippen molar-refractivity contribution in [3.8, 4) is 11.5 Å². The van der Waals surface area contributed by atoms with Crippen LogP contribution in [0.5, 0.6) is 11.5 Å². The number of benzene rings is 2. The Morgan fingerprint density at radius 2 is 1.88 bits per heavy atom. The normalized spacial score (nSPS) is 11.4. The Morgan fingerprint density at radius 1 is 1.17 bits per heavy atom. The number of aliphatic carboxylic acids is 1. The number of hydrogen-bond acceptors (Lipinski definition) is 4. The van der Waals surface area contributed by atoms with E-state index in [4.69, 9.17) is 26.2 Å². The van der Waals surface area contributed by atoms with Gasteiger partial charge in [0, 0.05) is 16.8 Å². The van der Waals surface area contributed by atoms with Crippen LogP contribution in [0.1, 0.15) is 6.92 Å². The number of anilines is 1. The lowest BCUT2D eigenvalue weighted by Crippen LogP contribution is -2.30. The minimum absolute atomic E-state index is 0.347. The van der Waals surface area contributed by atoms with Crippen molar-refractivity contribution in [1.82, 2.24) is 0 Å². The number of carbonyl (C=O) groups excluding carboxylic acids is 1. The third-order valence-corrected chi connectivity index (χ3v) is 3.21. The van der Waals surface area contributed by atoms with E-state index in [0.29, 0.717) is 22.2 Å². The fourth-order valence-corrected chi connectivity index (χ4v) is 1.95. The molecule has 0 bridgehead atoms. The lowest BCUT2D eigenvalue weighted by Gasteiger charge is -2.15. The summed E-state index contributed by atoms with van der Waals surface area (Å²) in [5.41, 5.74) is 0.481. The van der Waals surface area contributed by atoms with Crippen LogP contribution in [0.25, 0.3) is 0 Å². The van der Waals surface area contributed by atoms with Crippen molar-refractivity contribution in [2.24, 2.45) is 0 Å². The number of ether oxygens (including phenoxy) is 2. The topological polar surface area (TPSA) is 84.9 Å². The largest absolute Gasteiger partial charge is 0.482 e. The summed E-state index contributed by atoms with van der Waals surface area (Å²) in [6.07, 6.45) is -0.727. The van der Waals surface area contributed by atoms with Crippen LogP contribution in [0.3, 0.4) is 0 Å². The molecular weight excluding hydrogens is 334 g/mol. The highest BCUT2D eigenvalue weighted by atomic mass is 35.5. The van der Waals surface area contributed by atoms with E-state index in [1.165, 1.54) is 6.07 Å². The van der Waals surface area contributed by atoms with E-state index in [1.54, 1.807) is 49.4 Å². The Balaban J connectivity index is 1.94. The summed E-state index contributed by atoms with van der Waals surface area (Å²) in [5.74, 6) is -0.545. The maximum absolute atomic E-state index is 12.2. The third kappa shape index (κ3) is 5.48. The second-order valence-electron chi connectivity index (χ2n) is 4.91. The molecule has 0 radical (unpaired) electrons. The number of carboxylic acids is 1. The monoisotopic (exact) mass is 349 g/mol. The predicted octanol–water partition coefficient (Wildman–Crippen LogP) is 3.21. The van der Waals surface area contributed by atoms with E-state index in [9.17, 15) is 9.59 Å². The molecule has 6 nitrogen and oxygen atoms in total. The van der Waals surface area contributed by atoms with Gasteiger partial charge in [0.15, 0.2) is 12.7 Å². The third-order valence-electron chi connectivity index (χ3n) is 2.96. The van der Waals surface area contributed by atoms with Gasteiger partial charge in [-0.15, -0.1) is 0 Å².